The molecule has 0 heterocycles. The Labute approximate surface area is 203 Å². The maximum atomic E-state index is 12.8. The van der Waals surface area contributed by atoms with Crippen molar-refractivity contribution in [2.75, 3.05) is 0 Å². The van der Waals surface area contributed by atoms with Gasteiger partial charge in [-0.3, -0.25) is 20.2 Å². The molecule has 0 saturated heterocycles. The molecule has 1 atom stereocenters. The molecule has 2 aromatic rings. The minimum atomic E-state index is -1.59. The normalized spacial score (nSPS) is 11.5. The van der Waals surface area contributed by atoms with Gasteiger partial charge in [0.1, 0.15) is 6.61 Å². The number of unbranched alkanes of at least 4 members (excludes halogenated alkanes) is 2. The molecular formula is C22H22N2O12. The van der Waals surface area contributed by atoms with Gasteiger partial charge in [-0.25, -0.2) is 19.3 Å². The molecule has 2 N–H and O–H groups in total. The summed E-state index contributed by atoms with van der Waals surface area (Å²) in [7, 11) is 0. The Morgan fingerprint density at radius 1 is 0.917 bits per heavy atom. The van der Waals surface area contributed by atoms with Crippen LogP contribution in [0.3, 0.4) is 0 Å². The fraction of sp³-hybridized carbons (Fsp3) is 0.318. The summed E-state index contributed by atoms with van der Waals surface area (Å²) in [6.45, 7) is 1.19. The predicted octanol–water partition coefficient (Wildman–Crippen LogP) is 4.11. The van der Waals surface area contributed by atoms with Gasteiger partial charge in [0.15, 0.2) is 5.56 Å². The number of hydrogen-bond donors (Lipinski definition) is 2. The molecule has 0 fully saturated rings. The number of esters is 1. The van der Waals surface area contributed by atoms with Gasteiger partial charge in [-0.1, -0.05) is 31.9 Å². The van der Waals surface area contributed by atoms with Crippen LogP contribution in [-0.4, -0.2) is 44.3 Å². The van der Waals surface area contributed by atoms with Crippen LogP contribution in [0.2, 0.25) is 0 Å². The van der Waals surface area contributed by atoms with Crippen molar-refractivity contribution in [3.05, 3.63) is 78.9 Å². The van der Waals surface area contributed by atoms with Crippen molar-refractivity contribution in [1.82, 2.24) is 0 Å². The summed E-state index contributed by atoms with van der Waals surface area (Å²) in [5.41, 5.74) is -3.50. The predicted molar refractivity (Wildman–Crippen MR) is 119 cm³/mol. The van der Waals surface area contributed by atoms with Gasteiger partial charge < -0.3 is 14.9 Å². The Kier molecular flexibility index (Phi) is 9.94. The van der Waals surface area contributed by atoms with E-state index in [0.717, 1.165) is 36.8 Å². The van der Waals surface area contributed by atoms with Crippen LogP contribution in [0.5, 0.6) is 0 Å². The molecule has 14 heteroatoms. The third-order valence-corrected chi connectivity index (χ3v) is 4.91. The average molecular weight is 506 g/mol. The maximum absolute atomic E-state index is 12.8. The second-order valence-corrected chi connectivity index (χ2v) is 7.32. The van der Waals surface area contributed by atoms with Crippen LogP contribution in [-0.2, 0) is 21.1 Å². The van der Waals surface area contributed by atoms with Gasteiger partial charge in [0.05, 0.1) is 26.5 Å². The maximum Gasteiger partial charge on any atom is 0.348 e. The molecule has 0 saturated carbocycles. The number of ether oxygens (including phenoxy) is 1. The number of carboxylic acid groups (broad SMARTS) is 2. The van der Waals surface area contributed by atoms with Crippen molar-refractivity contribution in [1.29, 1.82) is 0 Å². The van der Waals surface area contributed by atoms with Crippen molar-refractivity contribution in [2.45, 2.75) is 45.5 Å². The fourth-order valence-corrected chi connectivity index (χ4v) is 3.22. The molecule has 0 spiro atoms. The summed E-state index contributed by atoms with van der Waals surface area (Å²) < 4.78 is 5.15. The summed E-state index contributed by atoms with van der Waals surface area (Å²) in [5.74, 6) is -4.40. The van der Waals surface area contributed by atoms with Gasteiger partial charge in [-0.2, -0.15) is 4.89 Å². The van der Waals surface area contributed by atoms with E-state index in [1.54, 1.807) is 0 Å². The minimum absolute atomic E-state index is 0.0330. The molecule has 0 bridgehead atoms. The summed E-state index contributed by atoms with van der Waals surface area (Å²) in [6, 6.07) is 6.43. The van der Waals surface area contributed by atoms with E-state index in [1.807, 2.05) is 6.92 Å². The first-order chi connectivity index (χ1) is 17.1. The number of carboxylic acids is 2. The number of nitro benzene ring substituents is 2. The van der Waals surface area contributed by atoms with E-state index in [9.17, 15) is 44.8 Å². The quantitative estimate of drug-likeness (QED) is 0.0927. The first-order valence-electron chi connectivity index (χ1n) is 10.6. The Balaban J connectivity index is 2.27. The number of carbonyl (C=O) groups is 3. The zero-order chi connectivity index (χ0) is 26.8. The second kappa shape index (κ2) is 12.9. The lowest BCUT2D eigenvalue weighted by Gasteiger charge is -2.18. The summed E-state index contributed by atoms with van der Waals surface area (Å²) in [6.07, 6.45) is 0.447. The van der Waals surface area contributed by atoms with Gasteiger partial charge in [0.25, 0.3) is 11.4 Å². The van der Waals surface area contributed by atoms with Crippen LogP contribution in [0.15, 0.2) is 36.4 Å². The van der Waals surface area contributed by atoms with Crippen molar-refractivity contribution in [3.63, 3.8) is 0 Å². The summed E-state index contributed by atoms with van der Waals surface area (Å²) in [5, 5.41) is 41.3. The lowest BCUT2D eigenvalue weighted by Crippen LogP contribution is -2.24. The highest BCUT2D eigenvalue weighted by atomic mass is 17.2. The van der Waals surface area contributed by atoms with Crippen molar-refractivity contribution < 1.29 is 49.0 Å². The fourth-order valence-electron chi connectivity index (χ4n) is 3.22. The van der Waals surface area contributed by atoms with Crippen molar-refractivity contribution in [3.8, 4) is 0 Å². The summed E-state index contributed by atoms with van der Waals surface area (Å²) in [4.78, 5) is 66.7. The highest BCUT2D eigenvalue weighted by molar-refractivity contribution is 6.05. The van der Waals surface area contributed by atoms with Crippen LogP contribution in [0, 0.1) is 20.2 Å². The van der Waals surface area contributed by atoms with E-state index in [4.69, 9.17) is 14.5 Å². The lowest BCUT2D eigenvalue weighted by molar-refractivity contribution is -0.393. The third kappa shape index (κ3) is 7.04. The molecule has 1 unspecified atom stereocenters. The topological polar surface area (TPSA) is 206 Å². The molecule has 0 radical (unpaired) electrons. The van der Waals surface area contributed by atoms with Gasteiger partial charge >= 0.3 is 17.9 Å². The van der Waals surface area contributed by atoms with Crippen molar-refractivity contribution >= 4 is 29.3 Å². The van der Waals surface area contributed by atoms with Gasteiger partial charge in [0, 0.05) is 18.6 Å². The first kappa shape index (κ1) is 27.8. The molecular weight excluding hydrogens is 484 g/mol. The van der Waals surface area contributed by atoms with Crippen molar-refractivity contribution in [2.24, 2.45) is 0 Å². The lowest BCUT2D eigenvalue weighted by atomic mass is 10.1. The number of nitrogens with zero attached hydrogens (tertiary/aromatic N) is 2. The largest absolute Gasteiger partial charge is 0.478 e. The SMILES string of the molecule is CCCCCC(OOCc1c(C(=O)O)cccc1[N+](=O)[O-])OC(=O)c1c(C(=O)O)cccc1[N+](=O)[O-]. The molecule has 0 aliphatic carbocycles. The van der Waals surface area contributed by atoms with E-state index in [0.29, 0.717) is 12.8 Å². The van der Waals surface area contributed by atoms with Crippen LogP contribution in [0.25, 0.3) is 0 Å². The van der Waals surface area contributed by atoms with Crippen LogP contribution >= 0.6 is 0 Å². The number of carbonyl (C=O) groups excluding carboxylic acids is 1. The average Bonchev–Trinajstić information content (AvgIpc) is 2.83. The Hall–Kier alpha value is -4.43. The third-order valence-electron chi connectivity index (χ3n) is 4.91. The zero-order valence-electron chi connectivity index (χ0n) is 18.9. The molecule has 2 rings (SSSR count). The highest BCUT2D eigenvalue weighted by Crippen LogP contribution is 2.26. The first-order valence-corrected chi connectivity index (χ1v) is 10.6. The Morgan fingerprint density at radius 2 is 1.50 bits per heavy atom. The van der Waals surface area contributed by atoms with E-state index in [2.05, 4.69) is 0 Å². The second-order valence-electron chi connectivity index (χ2n) is 7.32. The standard InChI is InChI=1S/C22H22N2O12/c1-2-3-4-11-18(35-22(29)19-14(21(27)28)8-6-10-17(19)24(32)33)36-34-12-15-13(20(25)26)7-5-9-16(15)23(30)31/h5-10,18H,2-4,11-12H2,1H3,(H,25,26)(H,27,28). The number of rotatable bonds is 14. The molecule has 0 aliphatic heterocycles. The van der Waals surface area contributed by atoms with Gasteiger partial charge in [-0.05, 0) is 18.6 Å². The highest BCUT2D eigenvalue weighted by Gasteiger charge is 2.31. The number of hydrogen-bond acceptors (Lipinski definition) is 10. The molecule has 36 heavy (non-hydrogen) atoms. The smallest absolute Gasteiger partial charge is 0.348 e. The number of aromatic carboxylic acids is 2. The van der Waals surface area contributed by atoms with Gasteiger partial charge in [0.2, 0.25) is 6.29 Å². The van der Waals surface area contributed by atoms with E-state index < -0.39 is 68.7 Å². The molecule has 0 aliphatic rings. The van der Waals surface area contributed by atoms with Gasteiger partial charge in [-0.15, -0.1) is 0 Å². The zero-order valence-corrected chi connectivity index (χ0v) is 18.9. The number of benzene rings is 2. The van der Waals surface area contributed by atoms with E-state index >= 15 is 0 Å². The van der Waals surface area contributed by atoms with E-state index in [1.165, 1.54) is 6.07 Å². The summed E-state index contributed by atoms with van der Waals surface area (Å²) >= 11 is 0. The number of nitro groups is 2. The Morgan fingerprint density at radius 3 is 2.06 bits per heavy atom. The minimum Gasteiger partial charge on any atom is -0.478 e. The monoisotopic (exact) mass is 506 g/mol. The molecule has 0 aromatic heterocycles. The van der Waals surface area contributed by atoms with Crippen LogP contribution < -0.4 is 0 Å². The van der Waals surface area contributed by atoms with E-state index in [-0.39, 0.29) is 12.0 Å². The molecule has 14 nitrogen and oxygen atoms in total. The molecule has 0 amide bonds. The molecule has 192 valence electrons. The van der Waals surface area contributed by atoms with Crippen LogP contribution in [0.1, 0.15) is 69.2 Å². The molecule has 2 aromatic carbocycles. The van der Waals surface area contributed by atoms with Crippen LogP contribution in [0.4, 0.5) is 11.4 Å². The Bertz CT molecular complexity index is 1100.